The summed E-state index contributed by atoms with van der Waals surface area (Å²) < 4.78 is 12.3. The molecule has 3 amide bonds. The highest BCUT2D eigenvalue weighted by molar-refractivity contribution is 6.05. The summed E-state index contributed by atoms with van der Waals surface area (Å²) in [7, 11) is 0. The molecule has 3 heterocycles. The van der Waals surface area contributed by atoms with E-state index in [0.29, 0.717) is 43.0 Å². The topological polar surface area (TPSA) is 120 Å². The van der Waals surface area contributed by atoms with Gasteiger partial charge in [-0.3, -0.25) is 14.4 Å². The van der Waals surface area contributed by atoms with Crippen LogP contribution in [0.25, 0.3) is 0 Å². The van der Waals surface area contributed by atoms with Crippen LogP contribution in [0.1, 0.15) is 60.8 Å². The Bertz CT molecular complexity index is 1380. The summed E-state index contributed by atoms with van der Waals surface area (Å²) in [6.45, 7) is 14.0. The minimum absolute atomic E-state index is 0.165. The molecule has 10 heteroatoms. The van der Waals surface area contributed by atoms with Crippen LogP contribution < -0.4 is 20.3 Å². The van der Waals surface area contributed by atoms with Gasteiger partial charge < -0.3 is 35.0 Å². The lowest BCUT2D eigenvalue weighted by Crippen LogP contribution is -2.56. The molecule has 10 nitrogen and oxygen atoms in total. The molecule has 45 heavy (non-hydrogen) atoms. The van der Waals surface area contributed by atoms with Crippen LogP contribution in [0.3, 0.4) is 0 Å². The summed E-state index contributed by atoms with van der Waals surface area (Å²) >= 11 is 0. The average Bonchev–Trinajstić information content (AvgIpc) is 3.59. The van der Waals surface area contributed by atoms with Crippen molar-refractivity contribution in [3.63, 3.8) is 0 Å². The number of aliphatic hydroxyl groups excluding tert-OH is 1. The number of carbonyl (C=O) groups excluding carboxylic acids is 3. The van der Waals surface area contributed by atoms with Gasteiger partial charge in [0.05, 0.1) is 36.7 Å². The molecule has 0 aromatic heterocycles. The van der Waals surface area contributed by atoms with Gasteiger partial charge in [0.2, 0.25) is 17.7 Å². The highest BCUT2D eigenvalue weighted by atomic mass is 16.5. The molecule has 2 unspecified atom stereocenters. The van der Waals surface area contributed by atoms with Crippen LogP contribution in [0.15, 0.2) is 48.5 Å². The van der Waals surface area contributed by atoms with Crippen molar-refractivity contribution in [2.24, 2.45) is 17.8 Å². The van der Waals surface area contributed by atoms with Crippen LogP contribution >= 0.6 is 0 Å². The average molecular weight is 621 g/mol. The van der Waals surface area contributed by atoms with Gasteiger partial charge in [-0.2, -0.15) is 0 Å². The molecule has 0 radical (unpaired) electrons. The third-order valence-electron chi connectivity index (χ3n) is 9.79. The first-order valence-electron chi connectivity index (χ1n) is 16.3. The number of carbonyl (C=O) groups is 3. The first-order valence-corrected chi connectivity index (χ1v) is 16.3. The Morgan fingerprint density at radius 2 is 1.60 bits per heavy atom. The molecular formula is C35H48N4O6. The van der Waals surface area contributed by atoms with E-state index in [2.05, 4.69) is 29.4 Å². The minimum Gasteiger partial charge on any atom is -0.494 e. The number of benzene rings is 2. The molecule has 2 aromatic rings. The molecule has 244 valence electrons. The normalized spacial score (nSPS) is 27.4. The Balaban J connectivity index is 1.47. The van der Waals surface area contributed by atoms with E-state index in [-0.39, 0.29) is 30.2 Å². The second-order valence-corrected chi connectivity index (χ2v) is 13.1. The van der Waals surface area contributed by atoms with Crippen molar-refractivity contribution in [3.8, 4) is 5.75 Å². The smallest absolute Gasteiger partial charge is 0.250 e. The third-order valence-corrected chi connectivity index (χ3v) is 9.79. The zero-order chi connectivity index (χ0) is 32.5. The van der Waals surface area contributed by atoms with E-state index in [1.807, 2.05) is 52.0 Å². The maximum atomic E-state index is 14.5. The van der Waals surface area contributed by atoms with Gasteiger partial charge in [-0.1, -0.05) is 13.8 Å². The molecular weight excluding hydrogens is 572 g/mol. The lowest BCUT2D eigenvalue weighted by atomic mass is 9.66. The summed E-state index contributed by atoms with van der Waals surface area (Å²) in [5, 5.41) is 16.6. The Morgan fingerprint density at radius 1 is 1.00 bits per heavy atom. The maximum Gasteiger partial charge on any atom is 0.250 e. The van der Waals surface area contributed by atoms with Crippen LogP contribution in [0.2, 0.25) is 0 Å². The van der Waals surface area contributed by atoms with E-state index in [1.54, 1.807) is 24.3 Å². The van der Waals surface area contributed by atoms with Crippen molar-refractivity contribution >= 4 is 34.8 Å². The fraction of sp³-hybridized carbons (Fsp3) is 0.571. The number of nitrogens with one attached hydrogen (secondary N) is 2. The summed E-state index contributed by atoms with van der Waals surface area (Å²) in [5.74, 6) is -1.82. The van der Waals surface area contributed by atoms with Gasteiger partial charge in [0.1, 0.15) is 17.4 Å². The van der Waals surface area contributed by atoms with Gasteiger partial charge in [0.25, 0.3) is 0 Å². The highest BCUT2D eigenvalue weighted by Gasteiger charge is 2.78. The number of amides is 3. The van der Waals surface area contributed by atoms with Crippen LogP contribution in [0.4, 0.5) is 17.1 Å². The fourth-order valence-corrected chi connectivity index (χ4v) is 7.85. The monoisotopic (exact) mass is 620 g/mol. The van der Waals surface area contributed by atoms with E-state index in [0.717, 1.165) is 18.8 Å². The van der Waals surface area contributed by atoms with Gasteiger partial charge in [0.15, 0.2) is 0 Å². The molecule has 2 bridgehead atoms. The number of likely N-dealkylation sites (tertiary alicyclic amines) is 1. The van der Waals surface area contributed by atoms with E-state index in [1.165, 1.54) is 4.90 Å². The number of rotatable bonds is 13. The van der Waals surface area contributed by atoms with E-state index in [9.17, 15) is 19.5 Å². The lowest BCUT2D eigenvalue weighted by Gasteiger charge is -2.37. The van der Waals surface area contributed by atoms with Gasteiger partial charge in [-0.05, 0) is 101 Å². The quantitative estimate of drug-likeness (QED) is 0.298. The Kier molecular flexibility index (Phi) is 9.46. The molecule has 3 N–H and O–H groups in total. The Hall–Kier alpha value is -3.63. The summed E-state index contributed by atoms with van der Waals surface area (Å²) in [5.41, 5.74) is 0.136. The molecule has 3 aliphatic heterocycles. The zero-order valence-electron chi connectivity index (χ0n) is 27.3. The number of hydrogen-bond acceptors (Lipinski definition) is 7. The highest BCUT2D eigenvalue weighted by Crippen LogP contribution is 2.63. The van der Waals surface area contributed by atoms with Crippen molar-refractivity contribution < 1.29 is 29.0 Å². The second kappa shape index (κ2) is 13.0. The molecule has 0 aliphatic carbocycles. The minimum atomic E-state index is -1.19. The Labute approximate surface area is 266 Å². The second-order valence-electron chi connectivity index (χ2n) is 13.1. The van der Waals surface area contributed by atoms with Gasteiger partial charge in [-0.25, -0.2) is 0 Å². The molecule has 3 fully saturated rings. The van der Waals surface area contributed by atoms with Crippen molar-refractivity contribution in [1.29, 1.82) is 0 Å². The zero-order valence-corrected chi connectivity index (χ0v) is 27.3. The van der Waals surface area contributed by atoms with Crippen molar-refractivity contribution in [3.05, 3.63) is 48.5 Å². The molecule has 3 saturated heterocycles. The van der Waals surface area contributed by atoms with E-state index < -0.39 is 35.1 Å². The summed E-state index contributed by atoms with van der Waals surface area (Å²) in [4.78, 5) is 46.5. The van der Waals surface area contributed by atoms with Gasteiger partial charge in [0, 0.05) is 30.2 Å². The third kappa shape index (κ3) is 5.90. The fourth-order valence-electron chi connectivity index (χ4n) is 7.85. The molecule has 2 aromatic carbocycles. The first-order chi connectivity index (χ1) is 21.5. The van der Waals surface area contributed by atoms with Crippen molar-refractivity contribution in [2.75, 3.05) is 41.8 Å². The SMILES string of the molecule is CCOc1ccc(NC(=O)[C@H]2[C@H]3C(=O)N([C@@H](CO)CC(C)C)C(C(=O)Nc4ccc(N(CC)CC)cc4)C34CC[C@]2(C)O4)cc1. The molecule has 1 spiro atoms. The number of ether oxygens (including phenoxy) is 2. The number of aliphatic hydroxyl groups is 1. The maximum absolute atomic E-state index is 14.5. The van der Waals surface area contributed by atoms with Crippen LogP contribution in [-0.4, -0.2) is 77.3 Å². The van der Waals surface area contributed by atoms with Crippen LogP contribution in [0, 0.1) is 17.8 Å². The predicted molar refractivity (Wildman–Crippen MR) is 174 cm³/mol. The van der Waals surface area contributed by atoms with Crippen molar-refractivity contribution in [2.45, 2.75) is 84.1 Å². The molecule has 5 rings (SSSR count). The summed E-state index contributed by atoms with van der Waals surface area (Å²) in [6.07, 6.45) is 1.50. The summed E-state index contributed by atoms with van der Waals surface area (Å²) in [6, 6.07) is 13.2. The number of fused-ring (bicyclic) bond motifs is 1. The standard InChI is InChI=1S/C35H48N4O6/c1-7-38(8-2)25-14-10-23(11-15-25)37-32(42)30-35-19-18-34(6,45-35)28(29(35)33(43)39(30)26(21-40)20-22(4)5)31(41)36-24-12-16-27(17-13-24)44-9-3/h10-17,22,26,28-30,40H,7-9,18-21H2,1-6H3,(H,36,41)(H,37,42)/t26-,28-,29+,30?,34+,35?/m1/s1. The van der Waals surface area contributed by atoms with Crippen LogP contribution in [-0.2, 0) is 19.1 Å². The number of anilines is 3. The molecule has 6 atom stereocenters. The lowest BCUT2D eigenvalue weighted by molar-refractivity contribution is -0.147. The number of hydrogen-bond donors (Lipinski definition) is 3. The Morgan fingerprint density at radius 3 is 2.16 bits per heavy atom. The van der Waals surface area contributed by atoms with E-state index >= 15 is 0 Å². The van der Waals surface area contributed by atoms with Gasteiger partial charge >= 0.3 is 0 Å². The molecule has 3 aliphatic rings. The van der Waals surface area contributed by atoms with Crippen LogP contribution in [0.5, 0.6) is 5.75 Å². The predicted octanol–water partition coefficient (Wildman–Crippen LogP) is 4.68. The van der Waals surface area contributed by atoms with Gasteiger partial charge in [-0.15, -0.1) is 0 Å². The van der Waals surface area contributed by atoms with E-state index in [4.69, 9.17) is 9.47 Å². The molecule has 0 saturated carbocycles. The largest absolute Gasteiger partial charge is 0.494 e. The number of nitrogens with zero attached hydrogens (tertiary/aromatic N) is 2. The first kappa shape index (κ1) is 32.8. The van der Waals surface area contributed by atoms with Crippen molar-refractivity contribution in [1.82, 2.24) is 4.90 Å².